The van der Waals surface area contributed by atoms with Crippen LogP contribution in [0.4, 0.5) is 5.82 Å². The van der Waals surface area contributed by atoms with E-state index in [0.717, 1.165) is 28.8 Å². The number of aromatic nitrogens is 2. The van der Waals surface area contributed by atoms with Crippen LogP contribution in [0.25, 0.3) is 0 Å². The van der Waals surface area contributed by atoms with Crippen LogP contribution >= 0.6 is 23.5 Å². The predicted octanol–water partition coefficient (Wildman–Crippen LogP) is 4.18. The number of rotatable bonds is 5. The number of nitrogens with two attached hydrogens (primary N) is 1. The Hall–Kier alpha value is -0.940. The van der Waals surface area contributed by atoms with Crippen molar-refractivity contribution in [3.8, 4) is 0 Å². The second-order valence-corrected chi connectivity index (χ2v) is 6.86. The summed E-state index contributed by atoms with van der Waals surface area (Å²) in [6.45, 7) is 6.18. The highest BCUT2D eigenvalue weighted by Gasteiger charge is 2.15. The van der Waals surface area contributed by atoms with Gasteiger partial charge in [-0.05, 0) is 38.4 Å². The minimum atomic E-state index is 0.548. The van der Waals surface area contributed by atoms with Crippen molar-refractivity contribution in [1.29, 1.82) is 0 Å². The molecule has 2 N–H and O–H groups in total. The van der Waals surface area contributed by atoms with E-state index in [2.05, 4.69) is 29.5 Å². The average Bonchev–Trinajstić information content (AvgIpc) is 2.45. The number of hydrogen-bond donors (Lipinski definition) is 1. The van der Waals surface area contributed by atoms with Crippen molar-refractivity contribution in [3.63, 3.8) is 0 Å². The molecule has 108 valence electrons. The van der Waals surface area contributed by atoms with Crippen LogP contribution in [0.15, 0.2) is 40.0 Å². The maximum Gasteiger partial charge on any atom is 0.190 e. The average molecular weight is 307 g/mol. The zero-order valence-corrected chi connectivity index (χ0v) is 13.7. The topological polar surface area (TPSA) is 51.8 Å². The summed E-state index contributed by atoms with van der Waals surface area (Å²) in [7, 11) is 0. The highest BCUT2D eigenvalue weighted by molar-refractivity contribution is 7.99. The fraction of sp³-hybridized carbons (Fsp3) is 0.467. The van der Waals surface area contributed by atoms with Crippen molar-refractivity contribution >= 4 is 29.3 Å². The van der Waals surface area contributed by atoms with Gasteiger partial charge in [0.25, 0.3) is 0 Å². The highest BCUT2D eigenvalue weighted by atomic mass is 32.2. The first-order valence-electron chi connectivity index (χ1n) is 6.73. The maximum absolute atomic E-state index is 5.79. The molecule has 1 aliphatic carbocycles. The van der Waals surface area contributed by atoms with E-state index in [0.29, 0.717) is 11.7 Å². The van der Waals surface area contributed by atoms with E-state index in [1.54, 1.807) is 23.5 Å². The largest absolute Gasteiger partial charge is 0.384 e. The van der Waals surface area contributed by atoms with Crippen LogP contribution in [0.1, 0.15) is 26.2 Å². The lowest BCUT2D eigenvalue weighted by Crippen LogP contribution is -2.07. The van der Waals surface area contributed by atoms with Crippen LogP contribution in [0.2, 0.25) is 0 Å². The van der Waals surface area contributed by atoms with Crippen molar-refractivity contribution in [2.75, 3.05) is 17.7 Å². The molecule has 0 unspecified atom stereocenters. The molecule has 20 heavy (non-hydrogen) atoms. The van der Waals surface area contributed by atoms with Crippen molar-refractivity contribution in [2.24, 2.45) is 5.92 Å². The molecule has 1 aliphatic rings. The summed E-state index contributed by atoms with van der Waals surface area (Å²) in [5, 5.41) is 1.71. The summed E-state index contributed by atoms with van der Waals surface area (Å²) >= 11 is 3.27. The first kappa shape index (κ1) is 15.4. The number of thioether (sulfide) groups is 2. The Balaban J connectivity index is 1.93. The second-order valence-electron chi connectivity index (χ2n) is 5.09. The number of hydrogen-bond acceptors (Lipinski definition) is 5. The van der Waals surface area contributed by atoms with Crippen molar-refractivity contribution in [2.45, 2.75) is 36.4 Å². The monoisotopic (exact) mass is 307 g/mol. The number of nitrogen functional groups attached to an aromatic ring is 1. The van der Waals surface area contributed by atoms with E-state index in [1.807, 2.05) is 12.3 Å². The van der Waals surface area contributed by atoms with Crippen LogP contribution in [0.3, 0.4) is 0 Å². The third kappa shape index (κ3) is 4.28. The van der Waals surface area contributed by atoms with Crippen molar-refractivity contribution < 1.29 is 0 Å². The van der Waals surface area contributed by atoms with Gasteiger partial charge in [0.2, 0.25) is 0 Å². The summed E-state index contributed by atoms with van der Waals surface area (Å²) < 4.78 is 0. The van der Waals surface area contributed by atoms with E-state index >= 15 is 0 Å². The lowest BCUT2D eigenvalue weighted by molar-refractivity contribution is 0.541. The van der Waals surface area contributed by atoms with Gasteiger partial charge in [-0.3, -0.25) is 0 Å². The first-order valence-corrected chi connectivity index (χ1v) is 8.94. The smallest absolute Gasteiger partial charge is 0.190 e. The Bertz CT molecular complexity index is 526. The zero-order valence-electron chi connectivity index (χ0n) is 12.1. The predicted molar refractivity (Wildman–Crippen MR) is 89.2 cm³/mol. The Kier molecular flexibility index (Phi) is 5.54. The van der Waals surface area contributed by atoms with Crippen molar-refractivity contribution in [3.05, 3.63) is 29.9 Å². The molecule has 5 heteroatoms. The molecule has 0 fully saturated rings. The first-order chi connectivity index (χ1) is 9.58. The minimum absolute atomic E-state index is 0.548. The van der Waals surface area contributed by atoms with E-state index < -0.39 is 0 Å². The van der Waals surface area contributed by atoms with Gasteiger partial charge in [0.1, 0.15) is 10.8 Å². The number of anilines is 1. The Morgan fingerprint density at radius 3 is 2.90 bits per heavy atom. The van der Waals surface area contributed by atoms with E-state index in [4.69, 9.17) is 5.73 Å². The molecular weight excluding hydrogens is 286 g/mol. The molecule has 0 saturated carbocycles. The normalized spacial score (nSPS) is 18.7. The van der Waals surface area contributed by atoms with E-state index in [1.165, 1.54) is 17.6 Å². The highest BCUT2D eigenvalue weighted by Crippen LogP contribution is 2.31. The summed E-state index contributed by atoms with van der Waals surface area (Å²) in [6, 6.07) is 1.81. The molecule has 0 saturated heterocycles. The van der Waals surface area contributed by atoms with Crippen LogP contribution in [-0.2, 0) is 0 Å². The SMILES string of the molecule is C=C(C)[C@@H]1CC=C(CSc2nc(N)cc(SC)n2)CC1. The molecular formula is C15H21N3S2. The molecule has 1 atom stereocenters. The quantitative estimate of drug-likeness (QED) is 0.383. The van der Waals surface area contributed by atoms with Crippen LogP contribution < -0.4 is 5.73 Å². The van der Waals surface area contributed by atoms with Crippen LogP contribution in [-0.4, -0.2) is 22.0 Å². The Morgan fingerprint density at radius 2 is 2.30 bits per heavy atom. The number of allylic oxidation sites excluding steroid dienone is 2. The lowest BCUT2D eigenvalue weighted by Gasteiger charge is -2.21. The third-order valence-electron chi connectivity index (χ3n) is 3.50. The molecule has 2 rings (SSSR count). The fourth-order valence-corrected chi connectivity index (χ4v) is 3.60. The molecule has 0 spiro atoms. The van der Waals surface area contributed by atoms with Gasteiger partial charge in [-0.1, -0.05) is 35.6 Å². The second kappa shape index (κ2) is 7.18. The van der Waals surface area contributed by atoms with Gasteiger partial charge in [-0.15, -0.1) is 11.8 Å². The molecule has 1 aromatic rings. The fourth-order valence-electron chi connectivity index (χ4n) is 2.21. The van der Waals surface area contributed by atoms with Gasteiger partial charge >= 0.3 is 0 Å². The molecule has 1 heterocycles. The van der Waals surface area contributed by atoms with Crippen molar-refractivity contribution in [1.82, 2.24) is 9.97 Å². The molecule has 0 bridgehead atoms. The summed E-state index contributed by atoms with van der Waals surface area (Å²) in [5.74, 6) is 2.17. The molecule has 1 aromatic heterocycles. The molecule has 0 radical (unpaired) electrons. The van der Waals surface area contributed by atoms with Gasteiger partial charge in [-0.2, -0.15) is 0 Å². The minimum Gasteiger partial charge on any atom is -0.384 e. The van der Waals surface area contributed by atoms with Crippen LogP contribution in [0, 0.1) is 5.92 Å². The Labute approximate surface area is 129 Å². The summed E-state index contributed by atoms with van der Waals surface area (Å²) in [5.41, 5.74) is 8.59. The molecule has 3 nitrogen and oxygen atoms in total. The molecule has 0 aromatic carbocycles. The van der Waals surface area contributed by atoms with E-state index in [-0.39, 0.29) is 0 Å². The maximum atomic E-state index is 5.79. The standard InChI is InChI=1S/C15H21N3S2/c1-10(2)12-6-4-11(5-7-12)9-20-15-17-13(16)8-14(18-15)19-3/h4,8,12H,1,5-7,9H2,2-3H3,(H2,16,17,18)/t12-/m1/s1. The van der Waals surface area contributed by atoms with Gasteiger partial charge in [0.15, 0.2) is 5.16 Å². The van der Waals surface area contributed by atoms with Gasteiger partial charge in [0.05, 0.1) is 0 Å². The Morgan fingerprint density at radius 1 is 1.50 bits per heavy atom. The summed E-state index contributed by atoms with van der Waals surface area (Å²) in [6.07, 6.45) is 7.85. The molecule has 0 amide bonds. The van der Waals surface area contributed by atoms with Gasteiger partial charge in [-0.25, -0.2) is 9.97 Å². The lowest BCUT2D eigenvalue weighted by atomic mass is 9.86. The van der Waals surface area contributed by atoms with E-state index in [9.17, 15) is 0 Å². The molecule has 0 aliphatic heterocycles. The van der Waals surface area contributed by atoms with Crippen LogP contribution in [0.5, 0.6) is 0 Å². The number of nitrogens with zero attached hydrogens (tertiary/aromatic N) is 2. The van der Waals surface area contributed by atoms with Gasteiger partial charge in [0, 0.05) is 11.8 Å². The summed E-state index contributed by atoms with van der Waals surface area (Å²) in [4.78, 5) is 8.76. The third-order valence-corrected chi connectivity index (χ3v) is 5.08. The van der Waals surface area contributed by atoms with Gasteiger partial charge < -0.3 is 5.73 Å². The zero-order chi connectivity index (χ0) is 14.5.